The average Bonchev–Trinajstić information content (AvgIpc) is 1.94. The van der Waals surface area contributed by atoms with E-state index in [1.165, 1.54) is 44.9 Å². The van der Waals surface area contributed by atoms with Crippen molar-refractivity contribution in [3.05, 3.63) is 11.6 Å². The molecule has 1 fully saturated rings. The first-order chi connectivity index (χ1) is 5.43. The molecular formula is C12H27N. The fraction of sp³-hybridized carbons (Fsp3) is 0.833. The normalized spacial score (nSPS) is 17.5. The lowest BCUT2D eigenvalue weighted by molar-refractivity contribution is 0.567. The van der Waals surface area contributed by atoms with Crippen LogP contribution in [0.1, 0.15) is 59.8 Å². The zero-order chi connectivity index (χ0) is 7.94. The van der Waals surface area contributed by atoms with Crippen molar-refractivity contribution in [3.63, 3.8) is 0 Å². The molecule has 1 saturated carbocycles. The maximum Gasteiger partial charge on any atom is 0.0109 e. The minimum absolute atomic E-state index is 0. The van der Waals surface area contributed by atoms with Crippen molar-refractivity contribution >= 4 is 0 Å². The second-order valence-electron chi connectivity index (χ2n) is 3.37. The molecule has 13 heavy (non-hydrogen) atoms. The maximum atomic E-state index is 5.47. The van der Waals surface area contributed by atoms with Gasteiger partial charge in [-0.1, -0.05) is 45.8 Å². The Morgan fingerprint density at radius 3 is 1.85 bits per heavy atom. The first-order valence-corrected chi connectivity index (χ1v) is 4.81. The zero-order valence-corrected chi connectivity index (χ0v) is 7.31. The van der Waals surface area contributed by atoms with E-state index in [4.69, 9.17) is 5.73 Å². The summed E-state index contributed by atoms with van der Waals surface area (Å²) in [6, 6.07) is 0. The summed E-state index contributed by atoms with van der Waals surface area (Å²) >= 11 is 0. The topological polar surface area (TPSA) is 26.0 Å². The number of nitrogens with two attached hydrogens (primary N) is 1. The van der Waals surface area contributed by atoms with E-state index in [0.29, 0.717) is 0 Å². The van der Waals surface area contributed by atoms with E-state index in [1.807, 2.05) is 0 Å². The van der Waals surface area contributed by atoms with Gasteiger partial charge < -0.3 is 5.73 Å². The molecule has 0 bridgehead atoms. The van der Waals surface area contributed by atoms with Crippen LogP contribution in [0.15, 0.2) is 11.6 Å². The van der Waals surface area contributed by atoms with Gasteiger partial charge in [0, 0.05) is 6.54 Å². The predicted octanol–water partition coefficient (Wildman–Crippen LogP) is 3.89. The lowest BCUT2D eigenvalue weighted by Gasteiger charge is -2.11. The van der Waals surface area contributed by atoms with Gasteiger partial charge in [-0.2, -0.15) is 0 Å². The van der Waals surface area contributed by atoms with Crippen molar-refractivity contribution in [3.8, 4) is 0 Å². The molecule has 80 valence electrons. The summed E-state index contributed by atoms with van der Waals surface area (Å²) in [5, 5.41) is 0. The lowest BCUT2D eigenvalue weighted by atomic mass is 9.96. The van der Waals surface area contributed by atoms with Crippen LogP contribution in [0, 0.1) is 0 Å². The van der Waals surface area contributed by atoms with E-state index in [1.54, 1.807) is 5.57 Å². The van der Waals surface area contributed by atoms with Crippen LogP contribution in [0.4, 0.5) is 0 Å². The average molecular weight is 185 g/mol. The third kappa shape index (κ3) is 6.83. The molecule has 0 atom stereocenters. The van der Waals surface area contributed by atoms with Gasteiger partial charge >= 0.3 is 0 Å². The molecule has 1 heteroatoms. The van der Waals surface area contributed by atoms with Crippen molar-refractivity contribution < 1.29 is 0 Å². The molecule has 0 heterocycles. The molecule has 0 aliphatic heterocycles. The Bertz CT molecular complexity index is 117. The SMILES string of the molecule is C.C.NCC=C1CCCCCCC1. The fourth-order valence-electron chi connectivity index (χ4n) is 1.73. The van der Waals surface area contributed by atoms with Crippen LogP contribution in [0.25, 0.3) is 0 Å². The van der Waals surface area contributed by atoms with Gasteiger partial charge in [0.2, 0.25) is 0 Å². The molecule has 0 radical (unpaired) electrons. The highest BCUT2D eigenvalue weighted by atomic mass is 14.5. The van der Waals surface area contributed by atoms with E-state index in [-0.39, 0.29) is 14.9 Å². The van der Waals surface area contributed by atoms with Gasteiger partial charge in [-0.15, -0.1) is 0 Å². The highest BCUT2D eigenvalue weighted by molar-refractivity contribution is 5.03. The first kappa shape index (κ1) is 15.2. The smallest absolute Gasteiger partial charge is 0.0109 e. The van der Waals surface area contributed by atoms with Gasteiger partial charge in [0.25, 0.3) is 0 Å². The minimum atomic E-state index is 0. The molecule has 0 unspecified atom stereocenters. The van der Waals surface area contributed by atoms with Crippen molar-refractivity contribution in [1.29, 1.82) is 0 Å². The molecule has 1 aliphatic rings. The standard InChI is InChI=1S/C10H19N.2CH4/c11-9-8-10-6-4-2-1-3-5-7-10;;/h8H,1-7,9,11H2;2*1H4. The monoisotopic (exact) mass is 185 g/mol. The lowest BCUT2D eigenvalue weighted by Crippen LogP contribution is -1.98. The molecule has 1 rings (SSSR count). The maximum absolute atomic E-state index is 5.47. The highest BCUT2D eigenvalue weighted by Crippen LogP contribution is 2.20. The van der Waals surface area contributed by atoms with Crippen molar-refractivity contribution in [2.75, 3.05) is 6.54 Å². The molecule has 0 spiro atoms. The first-order valence-electron chi connectivity index (χ1n) is 4.81. The molecule has 1 aliphatic carbocycles. The van der Waals surface area contributed by atoms with Crippen LogP contribution in [-0.2, 0) is 0 Å². The largest absolute Gasteiger partial charge is 0.327 e. The Hall–Kier alpha value is -0.300. The minimum Gasteiger partial charge on any atom is -0.327 e. The number of allylic oxidation sites excluding steroid dienone is 1. The second kappa shape index (κ2) is 9.79. The summed E-state index contributed by atoms with van der Waals surface area (Å²) in [6.45, 7) is 0.731. The van der Waals surface area contributed by atoms with E-state index in [9.17, 15) is 0 Å². The summed E-state index contributed by atoms with van der Waals surface area (Å²) in [5.41, 5.74) is 7.08. The Labute approximate surface area is 84.4 Å². The van der Waals surface area contributed by atoms with Gasteiger partial charge in [-0.05, 0) is 25.7 Å². The summed E-state index contributed by atoms with van der Waals surface area (Å²) < 4.78 is 0. The third-order valence-electron chi connectivity index (χ3n) is 2.40. The van der Waals surface area contributed by atoms with Gasteiger partial charge in [0.15, 0.2) is 0 Å². The van der Waals surface area contributed by atoms with Crippen LogP contribution < -0.4 is 5.73 Å². The molecule has 0 aromatic rings. The summed E-state index contributed by atoms with van der Waals surface area (Å²) in [6.07, 6.45) is 11.9. The van der Waals surface area contributed by atoms with Crippen LogP contribution in [0.5, 0.6) is 0 Å². The van der Waals surface area contributed by atoms with E-state index >= 15 is 0 Å². The summed E-state index contributed by atoms with van der Waals surface area (Å²) in [7, 11) is 0. The quantitative estimate of drug-likeness (QED) is 0.616. The summed E-state index contributed by atoms with van der Waals surface area (Å²) in [4.78, 5) is 0. The van der Waals surface area contributed by atoms with Crippen molar-refractivity contribution in [1.82, 2.24) is 0 Å². The zero-order valence-electron chi connectivity index (χ0n) is 7.31. The fourth-order valence-corrected chi connectivity index (χ4v) is 1.73. The second-order valence-corrected chi connectivity index (χ2v) is 3.37. The molecule has 1 nitrogen and oxygen atoms in total. The summed E-state index contributed by atoms with van der Waals surface area (Å²) in [5.74, 6) is 0. The molecule has 0 aromatic heterocycles. The van der Waals surface area contributed by atoms with Crippen molar-refractivity contribution in [2.24, 2.45) is 5.73 Å². The predicted molar refractivity (Wildman–Crippen MR) is 62.9 cm³/mol. The van der Waals surface area contributed by atoms with Gasteiger partial charge in [-0.25, -0.2) is 0 Å². The van der Waals surface area contributed by atoms with Crippen LogP contribution >= 0.6 is 0 Å². The number of rotatable bonds is 1. The number of hydrogen-bond donors (Lipinski definition) is 1. The molecule has 2 N–H and O–H groups in total. The molecular weight excluding hydrogens is 158 g/mol. The molecule has 0 amide bonds. The van der Waals surface area contributed by atoms with Crippen LogP contribution in [0.3, 0.4) is 0 Å². The van der Waals surface area contributed by atoms with Crippen LogP contribution in [-0.4, -0.2) is 6.54 Å². The Morgan fingerprint density at radius 2 is 1.38 bits per heavy atom. The Morgan fingerprint density at radius 1 is 0.923 bits per heavy atom. The Balaban J connectivity index is 0. The molecule has 0 saturated heterocycles. The Kier molecular flexibility index (Phi) is 11.4. The van der Waals surface area contributed by atoms with Crippen LogP contribution in [0.2, 0.25) is 0 Å². The highest BCUT2D eigenvalue weighted by Gasteiger charge is 2.01. The van der Waals surface area contributed by atoms with Gasteiger partial charge in [-0.3, -0.25) is 0 Å². The number of hydrogen-bond acceptors (Lipinski definition) is 1. The van der Waals surface area contributed by atoms with E-state index < -0.39 is 0 Å². The van der Waals surface area contributed by atoms with Crippen molar-refractivity contribution in [2.45, 2.75) is 59.8 Å². The van der Waals surface area contributed by atoms with Gasteiger partial charge in [0.1, 0.15) is 0 Å². The molecule has 0 aromatic carbocycles. The van der Waals surface area contributed by atoms with Gasteiger partial charge in [0.05, 0.1) is 0 Å². The third-order valence-corrected chi connectivity index (χ3v) is 2.40. The van der Waals surface area contributed by atoms with E-state index in [0.717, 1.165) is 6.54 Å². The van der Waals surface area contributed by atoms with E-state index in [2.05, 4.69) is 6.08 Å².